The van der Waals surface area contributed by atoms with Crippen molar-refractivity contribution >= 4 is 12.0 Å². The molecule has 1 heterocycles. The van der Waals surface area contributed by atoms with Crippen molar-refractivity contribution in [3.63, 3.8) is 0 Å². The van der Waals surface area contributed by atoms with Crippen LogP contribution in [0, 0.1) is 13.8 Å². The number of methoxy groups -OCH3 is 1. The molecule has 3 nitrogen and oxygen atoms in total. The molecule has 0 aliphatic carbocycles. The van der Waals surface area contributed by atoms with E-state index in [2.05, 4.69) is 16.3 Å². The predicted molar refractivity (Wildman–Crippen MR) is 55.1 cm³/mol. The van der Waals surface area contributed by atoms with Gasteiger partial charge in [-0.3, -0.25) is 0 Å². The second kappa shape index (κ2) is 4.05. The standard InChI is InChI=1S/C11H13NO2/c1-5-9-6-7(2)10(11(13)14-4)12-8(9)3/h5-6H,1H2,2-4H3. The molecule has 0 radical (unpaired) electrons. The van der Waals surface area contributed by atoms with E-state index < -0.39 is 5.97 Å². The number of carbonyl (C=O) groups excluding carboxylic acids is 1. The third-order valence-corrected chi connectivity index (χ3v) is 2.04. The largest absolute Gasteiger partial charge is 0.464 e. The summed E-state index contributed by atoms with van der Waals surface area (Å²) in [6.45, 7) is 7.33. The van der Waals surface area contributed by atoms with Gasteiger partial charge in [0, 0.05) is 5.69 Å². The van der Waals surface area contributed by atoms with Crippen LogP contribution in [-0.4, -0.2) is 18.1 Å². The first-order valence-corrected chi connectivity index (χ1v) is 4.29. The molecule has 14 heavy (non-hydrogen) atoms. The minimum absolute atomic E-state index is 0.371. The van der Waals surface area contributed by atoms with Crippen molar-refractivity contribution in [1.82, 2.24) is 4.98 Å². The Morgan fingerprint density at radius 1 is 1.57 bits per heavy atom. The van der Waals surface area contributed by atoms with Crippen molar-refractivity contribution < 1.29 is 9.53 Å². The zero-order chi connectivity index (χ0) is 10.7. The average Bonchev–Trinajstić information content (AvgIpc) is 2.19. The molecule has 1 aromatic heterocycles. The Labute approximate surface area is 83.4 Å². The maximum absolute atomic E-state index is 11.3. The monoisotopic (exact) mass is 191 g/mol. The number of pyridine rings is 1. The van der Waals surface area contributed by atoms with Gasteiger partial charge < -0.3 is 4.74 Å². The lowest BCUT2D eigenvalue weighted by Crippen LogP contribution is -2.08. The van der Waals surface area contributed by atoms with E-state index >= 15 is 0 Å². The van der Waals surface area contributed by atoms with Gasteiger partial charge in [0.1, 0.15) is 0 Å². The zero-order valence-corrected chi connectivity index (χ0v) is 8.63. The molecular formula is C11H13NO2. The van der Waals surface area contributed by atoms with E-state index in [1.807, 2.05) is 19.9 Å². The first-order chi connectivity index (χ1) is 6.60. The van der Waals surface area contributed by atoms with E-state index in [9.17, 15) is 4.79 Å². The molecule has 0 spiro atoms. The fourth-order valence-corrected chi connectivity index (χ4v) is 1.24. The van der Waals surface area contributed by atoms with E-state index in [0.717, 1.165) is 16.8 Å². The maximum atomic E-state index is 11.3. The normalized spacial score (nSPS) is 9.64. The van der Waals surface area contributed by atoms with Crippen LogP contribution in [0.5, 0.6) is 0 Å². The van der Waals surface area contributed by atoms with Crippen LogP contribution < -0.4 is 0 Å². The summed E-state index contributed by atoms with van der Waals surface area (Å²) in [6, 6.07) is 1.88. The van der Waals surface area contributed by atoms with Gasteiger partial charge in [-0.2, -0.15) is 0 Å². The molecule has 0 saturated heterocycles. The fraction of sp³-hybridized carbons (Fsp3) is 0.273. The molecule has 0 N–H and O–H groups in total. The lowest BCUT2D eigenvalue weighted by atomic mass is 10.1. The highest BCUT2D eigenvalue weighted by molar-refractivity contribution is 5.89. The SMILES string of the molecule is C=Cc1cc(C)c(C(=O)OC)nc1C. The summed E-state index contributed by atoms with van der Waals surface area (Å²) in [5, 5.41) is 0. The Morgan fingerprint density at radius 2 is 2.21 bits per heavy atom. The van der Waals surface area contributed by atoms with E-state index in [4.69, 9.17) is 0 Å². The molecule has 3 heteroatoms. The molecule has 0 unspecified atom stereocenters. The highest BCUT2D eigenvalue weighted by atomic mass is 16.5. The van der Waals surface area contributed by atoms with Crippen LogP contribution >= 0.6 is 0 Å². The Morgan fingerprint density at radius 3 is 2.71 bits per heavy atom. The van der Waals surface area contributed by atoms with Crippen LogP contribution in [0.15, 0.2) is 12.6 Å². The van der Waals surface area contributed by atoms with Gasteiger partial charge in [0.2, 0.25) is 0 Å². The number of nitrogens with zero attached hydrogens (tertiary/aromatic N) is 1. The second-order valence-electron chi connectivity index (χ2n) is 3.02. The number of esters is 1. The smallest absolute Gasteiger partial charge is 0.356 e. The quantitative estimate of drug-likeness (QED) is 0.672. The van der Waals surface area contributed by atoms with E-state index in [-0.39, 0.29) is 0 Å². The Hall–Kier alpha value is -1.64. The number of rotatable bonds is 2. The molecule has 0 amide bonds. The van der Waals surface area contributed by atoms with Crippen molar-refractivity contribution in [3.8, 4) is 0 Å². The number of aromatic nitrogens is 1. The van der Waals surface area contributed by atoms with Gasteiger partial charge >= 0.3 is 5.97 Å². The molecule has 0 bridgehead atoms. The van der Waals surface area contributed by atoms with Gasteiger partial charge in [-0.1, -0.05) is 12.7 Å². The molecule has 0 saturated carbocycles. The highest BCUT2D eigenvalue weighted by Gasteiger charge is 2.12. The second-order valence-corrected chi connectivity index (χ2v) is 3.02. The fourth-order valence-electron chi connectivity index (χ4n) is 1.24. The minimum Gasteiger partial charge on any atom is -0.464 e. The molecule has 1 aromatic rings. The lowest BCUT2D eigenvalue weighted by molar-refractivity contribution is 0.0593. The number of aryl methyl sites for hydroxylation is 2. The minimum atomic E-state index is -0.402. The number of hydrogen-bond donors (Lipinski definition) is 0. The third kappa shape index (κ3) is 1.82. The molecule has 0 atom stereocenters. The summed E-state index contributed by atoms with van der Waals surface area (Å²) >= 11 is 0. The number of hydrogen-bond acceptors (Lipinski definition) is 3. The van der Waals surface area contributed by atoms with Crippen LogP contribution in [0.3, 0.4) is 0 Å². The molecule has 0 fully saturated rings. The summed E-state index contributed by atoms with van der Waals surface area (Å²) in [4.78, 5) is 15.4. The number of ether oxygens (including phenoxy) is 1. The van der Waals surface area contributed by atoms with Crippen molar-refractivity contribution in [2.45, 2.75) is 13.8 Å². The topological polar surface area (TPSA) is 39.2 Å². The summed E-state index contributed by atoms with van der Waals surface area (Å²) in [6.07, 6.45) is 1.72. The first-order valence-electron chi connectivity index (χ1n) is 4.29. The van der Waals surface area contributed by atoms with Gasteiger partial charge in [-0.25, -0.2) is 9.78 Å². The molecule has 0 aliphatic rings. The molecule has 1 rings (SSSR count). The Kier molecular flexibility index (Phi) is 3.02. The molecule has 0 aliphatic heterocycles. The van der Waals surface area contributed by atoms with Gasteiger partial charge in [-0.05, 0) is 31.0 Å². The number of carbonyl (C=O) groups is 1. The Balaban J connectivity index is 3.28. The summed E-state index contributed by atoms with van der Waals surface area (Å²) < 4.78 is 4.62. The van der Waals surface area contributed by atoms with Crippen molar-refractivity contribution in [2.24, 2.45) is 0 Å². The summed E-state index contributed by atoms with van der Waals surface area (Å²) in [5.41, 5.74) is 2.90. The van der Waals surface area contributed by atoms with Gasteiger partial charge in [0.25, 0.3) is 0 Å². The van der Waals surface area contributed by atoms with Gasteiger partial charge in [-0.15, -0.1) is 0 Å². The van der Waals surface area contributed by atoms with E-state index in [1.54, 1.807) is 6.08 Å². The lowest BCUT2D eigenvalue weighted by Gasteiger charge is -2.06. The summed E-state index contributed by atoms with van der Waals surface area (Å²) in [5.74, 6) is -0.402. The van der Waals surface area contributed by atoms with Gasteiger partial charge in [0.05, 0.1) is 7.11 Å². The van der Waals surface area contributed by atoms with E-state index in [1.165, 1.54) is 7.11 Å². The first kappa shape index (κ1) is 10.4. The molecule has 0 aromatic carbocycles. The predicted octanol–water partition coefficient (Wildman–Crippen LogP) is 2.13. The van der Waals surface area contributed by atoms with Crippen LogP contribution in [0.25, 0.3) is 6.08 Å². The van der Waals surface area contributed by atoms with Crippen LogP contribution in [0.2, 0.25) is 0 Å². The highest BCUT2D eigenvalue weighted by Crippen LogP contribution is 2.13. The van der Waals surface area contributed by atoms with Gasteiger partial charge in [0.15, 0.2) is 5.69 Å². The molecular weight excluding hydrogens is 178 g/mol. The van der Waals surface area contributed by atoms with Crippen LogP contribution in [-0.2, 0) is 4.74 Å². The van der Waals surface area contributed by atoms with Crippen molar-refractivity contribution in [3.05, 3.63) is 35.2 Å². The maximum Gasteiger partial charge on any atom is 0.356 e. The third-order valence-electron chi connectivity index (χ3n) is 2.04. The van der Waals surface area contributed by atoms with Crippen LogP contribution in [0.4, 0.5) is 0 Å². The molecule has 74 valence electrons. The Bertz CT molecular complexity index is 383. The van der Waals surface area contributed by atoms with Crippen LogP contribution in [0.1, 0.15) is 27.3 Å². The van der Waals surface area contributed by atoms with Crippen molar-refractivity contribution in [2.75, 3.05) is 7.11 Å². The zero-order valence-electron chi connectivity index (χ0n) is 8.63. The van der Waals surface area contributed by atoms with Crippen molar-refractivity contribution in [1.29, 1.82) is 0 Å². The summed E-state index contributed by atoms with van der Waals surface area (Å²) in [7, 11) is 1.35. The van der Waals surface area contributed by atoms with E-state index in [0.29, 0.717) is 5.69 Å². The average molecular weight is 191 g/mol.